The van der Waals surface area contributed by atoms with Crippen LogP contribution in [0.1, 0.15) is 5.56 Å². The summed E-state index contributed by atoms with van der Waals surface area (Å²) in [6, 6.07) is 15.1. The molecular weight excluding hydrogens is 382 g/mol. The Morgan fingerprint density at radius 3 is 2.73 bits per heavy atom. The highest BCUT2D eigenvalue weighted by atomic mass is 16.6. The van der Waals surface area contributed by atoms with Crippen LogP contribution in [0.4, 0.5) is 11.5 Å². The summed E-state index contributed by atoms with van der Waals surface area (Å²) in [5.41, 5.74) is 3.00. The van der Waals surface area contributed by atoms with Crippen molar-refractivity contribution in [3.8, 4) is 17.2 Å². The number of carbonyl (C=O) groups is 1. The molecule has 2 aliphatic rings. The molecule has 0 bridgehead atoms. The van der Waals surface area contributed by atoms with Crippen molar-refractivity contribution in [1.29, 1.82) is 0 Å². The highest BCUT2D eigenvalue weighted by molar-refractivity contribution is 5.96. The molecule has 0 radical (unpaired) electrons. The number of amides is 1. The standard InChI is InChI=1S/C22H19N5O3/c1-15-18-12-24-27(17-5-3-2-4-6-17)22(18)23-14-26(15)13-21(28)25-16-7-8-19-20(11-16)30-10-9-29-19/h2-8,11-12,14H,1,9-10,13H2,(H,25,28). The van der Waals surface area contributed by atoms with E-state index in [0.717, 1.165) is 11.3 Å². The molecule has 0 fully saturated rings. The van der Waals surface area contributed by atoms with Gasteiger partial charge < -0.3 is 19.7 Å². The van der Waals surface area contributed by atoms with E-state index in [2.05, 4.69) is 22.0 Å². The molecule has 30 heavy (non-hydrogen) atoms. The maximum Gasteiger partial charge on any atom is 0.244 e. The Morgan fingerprint density at radius 1 is 1.10 bits per heavy atom. The number of para-hydroxylation sites is 1. The summed E-state index contributed by atoms with van der Waals surface area (Å²) in [6.07, 6.45) is 3.32. The van der Waals surface area contributed by atoms with Crippen molar-refractivity contribution < 1.29 is 14.3 Å². The predicted molar refractivity (Wildman–Crippen MR) is 114 cm³/mol. The Bertz CT molecular complexity index is 1150. The lowest BCUT2D eigenvalue weighted by Crippen LogP contribution is -2.32. The summed E-state index contributed by atoms with van der Waals surface area (Å²) in [7, 11) is 0. The van der Waals surface area contributed by atoms with Gasteiger partial charge in [-0.15, -0.1) is 0 Å². The van der Waals surface area contributed by atoms with Crippen LogP contribution in [0.5, 0.6) is 11.5 Å². The maximum atomic E-state index is 12.6. The summed E-state index contributed by atoms with van der Waals surface area (Å²) >= 11 is 0. The number of nitrogens with zero attached hydrogens (tertiary/aromatic N) is 4. The van der Waals surface area contributed by atoms with Crippen LogP contribution in [-0.4, -0.2) is 46.7 Å². The third kappa shape index (κ3) is 3.28. The van der Waals surface area contributed by atoms with Gasteiger partial charge in [0.15, 0.2) is 17.3 Å². The number of ether oxygens (including phenoxy) is 2. The van der Waals surface area contributed by atoms with Gasteiger partial charge in [-0.05, 0) is 24.3 Å². The fraction of sp³-hybridized carbons (Fsp3) is 0.136. The molecule has 8 nitrogen and oxygen atoms in total. The molecule has 0 spiro atoms. The van der Waals surface area contributed by atoms with E-state index in [4.69, 9.17) is 9.47 Å². The van der Waals surface area contributed by atoms with Crippen LogP contribution in [0, 0.1) is 0 Å². The lowest BCUT2D eigenvalue weighted by Gasteiger charge is -2.24. The summed E-state index contributed by atoms with van der Waals surface area (Å²) in [6.45, 7) is 5.22. The maximum absolute atomic E-state index is 12.6. The van der Waals surface area contributed by atoms with E-state index in [1.807, 2.05) is 30.3 Å². The van der Waals surface area contributed by atoms with E-state index in [1.54, 1.807) is 40.3 Å². The molecular formula is C22H19N5O3. The average Bonchev–Trinajstić information content (AvgIpc) is 3.21. The number of rotatable bonds is 4. The normalized spacial score (nSPS) is 14.4. The quantitative estimate of drug-likeness (QED) is 0.726. The van der Waals surface area contributed by atoms with Gasteiger partial charge in [0.2, 0.25) is 5.91 Å². The van der Waals surface area contributed by atoms with Crippen molar-refractivity contribution in [2.45, 2.75) is 0 Å². The molecule has 0 atom stereocenters. The van der Waals surface area contributed by atoms with Crippen LogP contribution in [-0.2, 0) is 4.79 Å². The van der Waals surface area contributed by atoms with Crippen molar-refractivity contribution in [3.05, 3.63) is 66.9 Å². The second-order valence-electron chi connectivity index (χ2n) is 6.85. The SMILES string of the molecule is C=C1c2cnn(-c3ccccc3)c2N=CN1CC(=O)Nc1ccc2c(c1)OCCO2. The minimum atomic E-state index is -0.196. The van der Waals surface area contributed by atoms with Crippen molar-refractivity contribution in [1.82, 2.24) is 14.7 Å². The van der Waals surface area contributed by atoms with Gasteiger partial charge in [-0.3, -0.25) is 4.79 Å². The molecule has 0 saturated heterocycles. The van der Waals surface area contributed by atoms with Crippen LogP contribution < -0.4 is 14.8 Å². The first-order valence-corrected chi connectivity index (χ1v) is 9.52. The number of nitrogens with one attached hydrogen (secondary N) is 1. The zero-order chi connectivity index (χ0) is 20.5. The van der Waals surface area contributed by atoms with E-state index >= 15 is 0 Å². The molecule has 0 unspecified atom stereocenters. The molecule has 150 valence electrons. The molecule has 0 aliphatic carbocycles. The molecule has 3 heterocycles. The van der Waals surface area contributed by atoms with Gasteiger partial charge >= 0.3 is 0 Å². The summed E-state index contributed by atoms with van der Waals surface area (Å²) in [5.74, 6) is 1.80. The zero-order valence-electron chi connectivity index (χ0n) is 16.1. The van der Waals surface area contributed by atoms with Gasteiger partial charge in [0, 0.05) is 17.5 Å². The Kier molecular flexibility index (Phi) is 4.44. The van der Waals surface area contributed by atoms with E-state index in [0.29, 0.717) is 41.9 Å². The minimum absolute atomic E-state index is 0.0761. The van der Waals surface area contributed by atoms with E-state index in [-0.39, 0.29) is 12.5 Å². The van der Waals surface area contributed by atoms with E-state index in [1.165, 1.54) is 0 Å². The largest absolute Gasteiger partial charge is 0.486 e. The second-order valence-corrected chi connectivity index (χ2v) is 6.85. The first-order valence-electron chi connectivity index (χ1n) is 9.52. The second kappa shape index (κ2) is 7.40. The Morgan fingerprint density at radius 2 is 1.90 bits per heavy atom. The molecule has 2 aromatic carbocycles. The van der Waals surface area contributed by atoms with Crippen LogP contribution in [0.15, 0.2) is 66.3 Å². The minimum Gasteiger partial charge on any atom is -0.486 e. The predicted octanol–water partition coefficient (Wildman–Crippen LogP) is 3.23. The summed E-state index contributed by atoms with van der Waals surface area (Å²) < 4.78 is 12.8. The molecule has 1 N–H and O–H groups in total. The Balaban J connectivity index is 1.29. The van der Waals surface area contributed by atoms with Crippen molar-refractivity contribution in [2.24, 2.45) is 4.99 Å². The molecule has 5 rings (SSSR count). The van der Waals surface area contributed by atoms with Crippen LogP contribution >= 0.6 is 0 Å². The van der Waals surface area contributed by atoms with Crippen LogP contribution in [0.3, 0.4) is 0 Å². The monoisotopic (exact) mass is 401 g/mol. The van der Waals surface area contributed by atoms with Gasteiger partial charge in [0.1, 0.15) is 19.8 Å². The fourth-order valence-corrected chi connectivity index (χ4v) is 3.39. The highest BCUT2D eigenvalue weighted by Crippen LogP contribution is 2.34. The number of hydrogen-bond donors (Lipinski definition) is 1. The average molecular weight is 401 g/mol. The number of hydrogen-bond acceptors (Lipinski definition) is 6. The van der Waals surface area contributed by atoms with Crippen LogP contribution in [0.25, 0.3) is 11.4 Å². The van der Waals surface area contributed by atoms with Gasteiger partial charge in [0.05, 0.1) is 23.8 Å². The summed E-state index contributed by atoms with van der Waals surface area (Å²) in [5, 5.41) is 7.31. The van der Waals surface area contributed by atoms with Crippen LogP contribution in [0.2, 0.25) is 0 Å². The number of carbonyl (C=O) groups excluding carboxylic acids is 1. The van der Waals surface area contributed by atoms with Crippen molar-refractivity contribution in [3.63, 3.8) is 0 Å². The number of fused-ring (bicyclic) bond motifs is 2. The molecule has 0 saturated carbocycles. The molecule has 8 heteroatoms. The molecule has 1 aromatic heterocycles. The summed E-state index contributed by atoms with van der Waals surface area (Å²) in [4.78, 5) is 18.8. The Labute approximate surface area is 173 Å². The smallest absolute Gasteiger partial charge is 0.244 e. The van der Waals surface area contributed by atoms with Gasteiger partial charge in [-0.1, -0.05) is 24.8 Å². The fourth-order valence-electron chi connectivity index (χ4n) is 3.39. The highest BCUT2D eigenvalue weighted by Gasteiger charge is 2.23. The van der Waals surface area contributed by atoms with Gasteiger partial charge in [0.25, 0.3) is 0 Å². The van der Waals surface area contributed by atoms with Crippen molar-refractivity contribution in [2.75, 3.05) is 25.1 Å². The van der Waals surface area contributed by atoms with E-state index < -0.39 is 0 Å². The molecule has 2 aliphatic heterocycles. The first kappa shape index (κ1) is 18.0. The third-order valence-corrected chi connectivity index (χ3v) is 4.86. The first-order chi connectivity index (χ1) is 14.7. The number of benzene rings is 2. The van der Waals surface area contributed by atoms with Gasteiger partial charge in [-0.2, -0.15) is 5.10 Å². The molecule has 3 aromatic rings. The number of aromatic nitrogens is 2. The van der Waals surface area contributed by atoms with Crippen molar-refractivity contribution >= 4 is 29.4 Å². The number of anilines is 1. The molecule has 1 amide bonds. The topological polar surface area (TPSA) is 81.0 Å². The lowest BCUT2D eigenvalue weighted by molar-refractivity contribution is -0.116. The number of aliphatic imine (C=N–C) groups is 1. The zero-order valence-corrected chi connectivity index (χ0v) is 16.1. The van der Waals surface area contributed by atoms with E-state index in [9.17, 15) is 4.79 Å². The van der Waals surface area contributed by atoms with Gasteiger partial charge in [-0.25, -0.2) is 9.67 Å². The Hall–Kier alpha value is -4.07. The third-order valence-electron chi connectivity index (χ3n) is 4.86. The lowest BCUT2D eigenvalue weighted by atomic mass is 10.2.